The summed E-state index contributed by atoms with van der Waals surface area (Å²) in [5.41, 5.74) is 0. The molecule has 2 rings (SSSR count). The van der Waals surface area contributed by atoms with Gasteiger partial charge >= 0.3 is 5.97 Å². The van der Waals surface area contributed by atoms with E-state index in [0.717, 1.165) is 13.3 Å². The highest BCUT2D eigenvalue weighted by Crippen LogP contribution is 2.34. The van der Waals surface area contributed by atoms with E-state index in [-0.39, 0.29) is 6.61 Å². The van der Waals surface area contributed by atoms with Crippen LogP contribution in [0.2, 0.25) is 0 Å². The van der Waals surface area contributed by atoms with E-state index < -0.39 is 137 Å². The molecule has 2 aliphatic rings. The summed E-state index contributed by atoms with van der Waals surface area (Å²) in [5, 5.41) is 114. The van der Waals surface area contributed by atoms with E-state index in [0.29, 0.717) is 6.42 Å². The highest BCUT2D eigenvalue weighted by atomic mass is 16.8. The van der Waals surface area contributed by atoms with Crippen molar-refractivity contribution in [1.29, 1.82) is 0 Å². The quantitative estimate of drug-likeness (QED) is 0.0417. The summed E-state index contributed by atoms with van der Waals surface area (Å²) in [6.45, 7) is -1.51. The van der Waals surface area contributed by atoms with Crippen molar-refractivity contribution in [2.45, 2.75) is 119 Å². The summed E-state index contributed by atoms with van der Waals surface area (Å²) < 4.78 is 33.0. The van der Waals surface area contributed by atoms with E-state index in [4.69, 9.17) is 28.4 Å². The van der Waals surface area contributed by atoms with Crippen LogP contribution in [0.5, 0.6) is 0 Å². The number of carboxylic acid groups (broad SMARTS) is 1. The Morgan fingerprint density at radius 1 is 1.00 bits per heavy atom. The molecular weight excluding hydrogens is 642 g/mol. The number of carboxylic acids is 1. The summed E-state index contributed by atoms with van der Waals surface area (Å²) in [6, 6.07) is -1.47. The number of hydrogen-bond donors (Lipinski definition) is 12. The fourth-order valence-corrected chi connectivity index (χ4v) is 5.04. The van der Waals surface area contributed by atoms with Gasteiger partial charge in [-0.3, -0.25) is 4.79 Å². The predicted octanol–water partition coefficient (Wildman–Crippen LogP) is -6.15. The first-order valence-corrected chi connectivity index (χ1v) is 15.1. The van der Waals surface area contributed by atoms with Crippen LogP contribution in [-0.2, 0) is 38.0 Å². The van der Waals surface area contributed by atoms with Crippen molar-refractivity contribution in [2.75, 3.05) is 39.6 Å². The lowest BCUT2D eigenvalue weighted by Gasteiger charge is -2.47. The number of aliphatic carboxylic acids is 1. The number of unbranched alkanes of at least 4 members (excludes halogenated alkanes) is 1. The highest BCUT2D eigenvalue weighted by molar-refractivity contribution is 5.76. The summed E-state index contributed by atoms with van der Waals surface area (Å²) >= 11 is 0. The molecule has 14 atom stereocenters. The molecule has 0 aliphatic carbocycles. The minimum Gasteiger partial charge on any atom is -0.477 e. The predicted molar refractivity (Wildman–Crippen MR) is 151 cm³/mol. The number of carbonyl (C=O) groups is 2. The van der Waals surface area contributed by atoms with Gasteiger partial charge in [-0.05, 0) is 6.42 Å². The molecule has 0 spiro atoms. The van der Waals surface area contributed by atoms with Gasteiger partial charge in [-0.15, -0.1) is 0 Å². The molecule has 0 saturated carbocycles. The van der Waals surface area contributed by atoms with Gasteiger partial charge in [-0.2, -0.15) is 0 Å². The van der Waals surface area contributed by atoms with Gasteiger partial charge in [-0.25, -0.2) is 4.79 Å². The van der Waals surface area contributed by atoms with Gasteiger partial charge in [0.05, 0.1) is 45.2 Å². The molecule has 0 aromatic rings. The number of hydrogen-bond acceptors (Lipinski definition) is 18. The smallest absolute Gasteiger partial charge is 0.364 e. The lowest BCUT2D eigenvalue weighted by Crippen LogP contribution is -2.68. The monoisotopic (exact) mass is 691 g/mol. The van der Waals surface area contributed by atoms with Crippen molar-refractivity contribution in [3.63, 3.8) is 0 Å². The molecule has 20 heteroatoms. The van der Waals surface area contributed by atoms with Crippen LogP contribution in [-0.4, -0.2) is 193 Å². The van der Waals surface area contributed by atoms with Crippen LogP contribution in [0.25, 0.3) is 0 Å². The molecule has 0 aromatic heterocycles. The lowest BCUT2D eigenvalue weighted by atomic mass is 9.88. The number of nitrogens with one attached hydrogen (secondary N) is 1. The number of aliphatic hydroxyl groups excluding tert-OH is 10. The van der Waals surface area contributed by atoms with Gasteiger partial charge in [0.15, 0.2) is 12.6 Å². The third kappa shape index (κ3) is 10.9. The maximum absolute atomic E-state index is 12.4. The van der Waals surface area contributed by atoms with Crippen molar-refractivity contribution in [2.24, 2.45) is 0 Å². The molecule has 1 amide bonds. The Morgan fingerprint density at radius 3 is 2.19 bits per heavy atom. The molecule has 2 fully saturated rings. The van der Waals surface area contributed by atoms with Crippen molar-refractivity contribution in [1.82, 2.24) is 5.32 Å². The van der Waals surface area contributed by atoms with Gasteiger partial charge < -0.3 is 89.9 Å². The lowest BCUT2D eigenvalue weighted by molar-refractivity contribution is -0.342. The molecule has 2 heterocycles. The first-order chi connectivity index (χ1) is 22.2. The molecule has 2 saturated heterocycles. The van der Waals surface area contributed by atoms with Gasteiger partial charge in [0.1, 0.15) is 54.9 Å². The number of carbonyl (C=O) groups excluding carboxylic acids is 1. The SMILES string of the molecule is CCCCO[C@@H]1OC(CO)[C@@H](O[C@@H](CO)OC(CO[C@]2(C(=O)O)CC(O)[C@@H](NC(C)=O)C([C@H](O)[C@H](O)CO)O2)[C@H](O)CO)C(O)C1O. The largest absolute Gasteiger partial charge is 0.477 e. The van der Waals surface area contributed by atoms with E-state index in [9.17, 15) is 65.8 Å². The molecule has 2 aliphatic heterocycles. The third-order valence-corrected chi connectivity index (χ3v) is 7.67. The molecule has 0 bridgehead atoms. The second kappa shape index (κ2) is 19.5. The van der Waals surface area contributed by atoms with Gasteiger partial charge in [0.2, 0.25) is 5.91 Å². The number of ether oxygens (including phenoxy) is 6. The van der Waals surface area contributed by atoms with E-state index in [1.54, 1.807) is 0 Å². The Bertz CT molecular complexity index is 946. The molecular formula is C27H49NO19. The van der Waals surface area contributed by atoms with Crippen LogP contribution in [0.15, 0.2) is 0 Å². The minimum atomic E-state index is -2.83. The zero-order valence-corrected chi connectivity index (χ0v) is 26.1. The van der Waals surface area contributed by atoms with Crippen LogP contribution in [0, 0.1) is 0 Å². The fraction of sp³-hybridized carbons (Fsp3) is 0.926. The second-order valence-electron chi connectivity index (χ2n) is 11.3. The highest BCUT2D eigenvalue weighted by Gasteiger charge is 2.56. The number of rotatable bonds is 20. The first-order valence-electron chi connectivity index (χ1n) is 15.1. The van der Waals surface area contributed by atoms with E-state index in [1.165, 1.54) is 0 Å². The second-order valence-corrected chi connectivity index (χ2v) is 11.3. The van der Waals surface area contributed by atoms with Crippen LogP contribution >= 0.6 is 0 Å². The Balaban J connectivity index is 2.26. The van der Waals surface area contributed by atoms with Gasteiger partial charge in [0, 0.05) is 20.0 Å². The van der Waals surface area contributed by atoms with Crippen LogP contribution in [0.1, 0.15) is 33.1 Å². The van der Waals surface area contributed by atoms with Gasteiger partial charge in [-0.1, -0.05) is 13.3 Å². The zero-order valence-electron chi connectivity index (χ0n) is 26.1. The summed E-state index contributed by atoms with van der Waals surface area (Å²) in [4.78, 5) is 24.2. The van der Waals surface area contributed by atoms with E-state index in [2.05, 4.69) is 5.32 Å². The maximum atomic E-state index is 12.4. The molecule has 6 unspecified atom stereocenters. The Morgan fingerprint density at radius 2 is 1.66 bits per heavy atom. The Labute approximate surface area is 270 Å². The van der Waals surface area contributed by atoms with Crippen LogP contribution in [0.4, 0.5) is 0 Å². The van der Waals surface area contributed by atoms with E-state index >= 15 is 0 Å². The fourth-order valence-electron chi connectivity index (χ4n) is 5.04. The summed E-state index contributed by atoms with van der Waals surface area (Å²) in [7, 11) is 0. The van der Waals surface area contributed by atoms with Crippen LogP contribution in [0.3, 0.4) is 0 Å². The molecule has 20 nitrogen and oxygen atoms in total. The average Bonchev–Trinajstić information content (AvgIpc) is 3.04. The Hall–Kier alpha value is -1.70. The topological polar surface area (TPSA) is 324 Å². The number of aliphatic hydroxyl groups is 10. The molecule has 0 aromatic carbocycles. The molecule has 12 N–H and O–H groups in total. The maximum Gasteiger partial charge on any atom is 0.364 e. The number of amides is 1. The van der Waals surface area contributed by atoms with E-state index in [1.807, 2.05) is 6.92 Å². The first kappa shape index (κ1) is 41.5. The van der Waals surface area contributed by atoms with Gasteiger partial charge in [0.25, 0.3) is 5.79 Å². The third-order valence-electron chi connectivity index (χ3n) is 7.67. The van der Waals surface area contributed by atoms with Crippen molar-refractivity contribution in [3.05, 3.63) is 0 Å². The molecule has 47 heavy (non-hydrogen) atoms. The van der Waals surface area contributed by atoms with Crippen molar-refractivity contribution >= 4 is 11.9 Å². The summed E-state index contributed by atoms with van der Waals surface area (Å²) in [6.07, 6.45) is -19.9. The standard InChI is InChI=1S/C27H49NO19/c1-3-4-5-42-25-22(39)21(38)23(16(9-31)45-25)46-18(10-32)44-17(14(35)7-29)11-43-27(26(40)41)6-13(34)19(28-12(2)33)24(47-27)20(37)15(36)8-30/h13-25,29-32,34-39H,3-11H2,1-2H3,(H,28,33)(H,40,41)/t13?,14-,15-,16?,17?,18+,19-,20-,21?,22?,23-,24?,25-,27-/m1/s1. The average molecular weight is 692 g/mol. The van der Waals surface area contributed by atoms with Crippen molar-refractivity contribution in [3.8, 4) is 0 Å². The normalized spacial score (nSPS) is 34.6. The molecule has 276 valence electrons. The molecule has 0 radical (unpaired) electrons. The zero-order chi connectivity index (χ0) is 35.5. The minimum absolute atomic E-state index is 0.186. The Kier molecular flexibility index (Phi) is 17.2. The summed E-state index contributed by atoms with van der Waals surface area (Å²) in [5.74, 6) is -5.40. The van der Waals surface area contributed by atoms with Crippen molar-refractivity contribution < 1.29 is 94.2 Å². The van der Waals surface area contributed by atoms with Crippen LogP contribution < -0.4 is 5.32 Å².